The van der Waals surface area contributed by atoms with Crippen molar-refractivity contribution in [2.24, 2.45) is 0 Å². The van der Waals surface area contributed by atoms with E-state index in [-0.39, 0.29) is 0 Å². The highest BCUT2D eigenvalue weighted by Gasteiger charge is 2.15. The molecule has 0 aliphatic carbocycles. The van der Waals surface area contributed by atoms with Crippen molar-refractivity contribution in [3.8, 4) is 11.8 Å². The molecule has 1 aromatic rings. The van der Waals surface area contributed by atoms with E-state index in [0.717, 1.165) is 6.20 Å². The van der Waals surface area contributed by atoms with Gasteiger partial charge in [0.1, 0.15) is 17.1 Å². The zero-order valence-corrected chi connectivity index (χ0v) is 11.3. The Balaban J connectivity index is 2.28. The third kappa shape index (κ3) is 7.04. The molecule has 1 rings (SSSR count). The van der Waals surface area contributed by atoms with Crippen LogP contribution in [0.5, 0.6) is 0 Å². The lowest BCUT2D eigenvalue weighted by Crippen LogP contribution is -2.32. The number of nitrogens with zero attached hydrogens (tertiary/aromatic N) is 1. The Hall–Kier alpha value is -2.09. The fourth-order valence-electron chi connectivity index (χ4n) is 1.14. The van der Waals surface area contributed by atoms with E-state index < -0.39 is 17.5 Å². The first-order valence-electron chi connectivity index (χ1n) is 5.94. The van der Waals surface area contributed by atoms with Gasteiger partial charge in [0.2, 0.25) is 0 Å². The smallest absolute Gasteiger partial charge is 0.407 e. The van der Waals surface area contributed by atoms with Crippen molar-refractivity contribution >= 4 is 6.09 Å². The number of hydrogen-bond donors (Lipinski definition) is 1. The average molecular weight is 264 g/mol. The monoisotopic (exact) mass is 264 g/mol. The zero-order valence-electron chi connectivity index (χ0n) is 11.3. The summed E-state index contributed by atoms with van der Waals surface area (Å²) in [6.45, 7) is 5.79. The molecule has 0 saturated carbocycles. The van der Waals surface area contributed by atoms with Gasteiger partial charge in [-0.05, 0) is 38.8 Å². The first-order chi connectivity index (χ1) is 8.87. The molecule has 1 amide bonds. The Kier molecular flexibility index (Phi) is 5.31. The molecule has 5 heteroatoms. The Morgan fingerprint density at radius 3 is 2.79 bits per heavy atom. The number of pyridine rings is 1. The standard InChI is InChI=1S/C14H17FN2O2/c1-14(2,3)19-13(18)16-9-5-4-6-12-8-7-11(15)10-17-12/h7-8,10H,5,9H2,1-3H3,(H,16,18). The van der Waals surface area contributed by atoms with Crippen LogP contribution in [0.3, 0.4) is 0 Å². The van der Waals surface area contributed by atoms with Crippen LogP contribution in [-0.2, 0) is 4.74 Å². The molecule has 0 aliphatic heterocycles. The summed E-state index contributed by atoms with van der Waals surface area (Å²) in [5.41, 5.74) is -0.00739. The average Bonchev–Trinajstić information content (AvgIpc) is 2.29. The second-order valence-corrected chi connectivity index (χ2v) is 4.84. The van der Waals surface area contributed by atoms with E-state index in [4.69, 9.17) is 4.74 Å². The van der Waals surface area contributed by atoms with Gasteiger partial charge in [-0.3, -0.25) is 0 Å². The highest BCUT2D eigenvalue weighted by atomic mass is 19.1. The number of ether oxygens (including phenoxy) is 1. The quantitative estimate of drug-likeness (QED) is 0.659. The Labute approximate surface area is 112 Å². The minimum absolute atomic E-state index is 0.392. The van der Waals surface area contributed by atoms with E-state index in [2.05, 4.69) is 22.1 Å². The molecule has 0 aliphatic rings. The zero-order chi connectivity index (χ0) is 14.3. The molecule has 102 valence electrons. The molecule has 4 nitrogen and oxygen atoms in total. The van der Waals surface area contributed by atoms with Crippen molar-refractivity contribution in [3.63, 3.8) is 0 Å². The summed E-state index contributed by atoms with van der Waals surface area (Å²) in [6, 6.07) is 2.81. The number of amides is 1. The summed E-state index contributed by atoms with van der Waals surface area (Å²) in [5.74, 6) is 5.22. The molecular formula is C14H17FN2O2. The number of aromatic nitrogens is 1. The molecule has 0 bridgehead atoms. The van der Waals surface area contributed by atoms with Crippen LogP contribution in [0.15, 0.2) is 18.3 Å². The van der Waals surface area contributed by atoms with Crippen molar-refractivity contribution in [3.05, 3.63) is 29.8 Å². The minimum Gasteiger partial charge on any atom is -0.444 e. The summed E-state index contributed by atoms with van der Waals surface area (Å²) >= 11 is 0. The van der Waals surface area contributed by atoms with E-state index in [1.165, 1.54) is 12.1 Å². The van der Waals surface area contributed by atoms with Crippen LogP contribution < -0.4 is 5.32 Å². The summed E-state index contributed by atoms with van der Waals surface area (Å²) in [5, 5.41) is 2.59. The van der Waals surface area contributed by atoms with Crippen LogP contribution >= 0.6 is 0 Å². The summed E-state index contributed by atoms with van der Waals surface area (Å²) in [7, 11) is 0. The Morgan fingerprint density at radius 2 is 2.21 bits per heavy atom. The number of hydrogen-bond acceptors (Lipinski definition) is 3. The third-order valence-electron chi connectivity index (χ3n) is 1.86. The maximum atomic E-state index is 12.6. The van der Waals surface area contributed by atoms with E-state index in [0.29, 0.717) is 18.7 Å². The van der Waals surface area contributed by atoms with Gasteiger partial charge in [0.05, 0.1) is 6.20 Å². The summed E-state index contributed by atoms with van der Waals surface area (Å²) < 4.78 is 17.6. The second kappa shape index (κ2) is 6.74. The van der Waals surface area contributed by atoms with Gasteiger partial charge in [0, 0.05) is 13.0 Å². The van der Waals surface area contributed by atoms with Crippen LogP contribution in [-0.4, -0.2) is 23.2 Å². The van der Waals surface area contributed by atoms with E-state index >= 15 is 0 Å². The SMILES string of the molecule is CC(C)(C)OC(=O)NCCC#Cc1ccc(F)cn1. The topological polar surface area (TPSA) is 51.2 Å². The largest absolute Gasteiger partial charge is 0.444 e. The maximum absolute atomic E-state index is 12.6. The lowest BCUT2D eigenvalue weighted by atomic mass is 10.2. The highest BCUT2D eigenvalue weighted by molar-refractivity contribution is 5.67. The van der Waals surface area contributed by atoms with Crippen molar-refractivity contribution in [1.29, 1.82) is 0 Å². The van der Waals surface area contributed by atoms with Crippen molar-refractivity contribution in [2.75, 3.05) is 6.54 Å². The Bertz CT molecular complexity index is 481. The van der Waals surface area contributed by atoms with Crippen LogP contribution in [0.4, 0.5) is 9.18 Å². The molecule has 0 unspecified atom stereocenters. The van der Waals surface area contributed by atoms with Gasteiger partial charge in [-0.1, -0.05) is 5.92 Å². The van der Waals surface area contributed by atoms with Gasteiger partial charge >= 0.3 is 6.09 Å². The van der Waals surface area contributed by atoms with Crippen molar-refractivity contribution in [2.45, 2.75) is 32.8 Å². The molecule has 0 saturated heterocycles. The minimum atomic E-state index is -0.506. The molecule has 1 N–H and O–H groups in total. The molecule has 0 aromatic carbocycles. The van der Waals surface area contributed by atoms with E-state index in [1.807, 2.05) is 0 Å². The van der Waals surface area contributed by atoms with Gasteiger partial charge in [0.25, 0.3) is 0 Å². The number of carbonyl (C=O) groups is 1. The molecular weight excluding hydrogens is 247 g/mol. The number of alkyl carbamates (subject to hydrolysis) is 1. The molecule has 0 atom stereocenters. The normalized spacial score (nSPS) is 10.3. The van der Waals surface area contributed by atoms with Gasteiger partial charge in [-0.2, -0.15) is 0 Å². The highest BCUT2D eigenvalue weighted by Crippen LogP contribution is 2.06. The van der Waals surface area contributed by atoms with Crippen LogP contribution in [0, 0.1) is 17.7 Å². The first kappa shape index (κ1) is 15.0. The Morgan fingerprint density at radius 1 is 1.47 bits per heavy atom. The van der Waals surface area contributed by atoms with Crippen molar-refractivity contribution < 1.29 is 13.9 Å². The molecule has 1 aromatic heterocycles. The van der Waals surface area contributed by atoms with Gasteiger partial charge < -0.3 is 10.1 Å². The van der Waals surface area contributed by atoms with Crippen LogP contribution in [0.2, 0.25) is 0 Å². The number of carbonyl (C=O) groups excluding carboxylic acids is 1. The molecule has 0 fully saturated rings. The fourth-order valence-corrected chi connectivity index (χ4v) is 1.14. The number of halogens is 1. The predicted octanol–water partition coefficient (Wildman–Crippen LogP) is 2.49. The van der Waals surface area contributed by atoms with E-state index in [1.54, 1.807) is 20.8 Å². The predicted molar refractivity (Wildman–Crippen MR) is 69.9 cm³/mol. The van der Waals surface area contributed by atoms with Crippen LogP contribution in [0.1, 0.15) is 32.9 Å². The van der Waals surface area contributed by atoms with Crippen LogP contribution in [0.25, 0.3) is 0 Å². The fraction of sp³-hybridized carbons (Fsp3) is 0.429. The molecule has 0 spiro atoms. The summed E-state index contributed by atoms with van der Waals surface area (Å²) in [4.78, 5) is 15.1. The van der Waals surface area contributed by atoms with E-state index in [9.17, 15) is 9.18 Å². The molecule has 0 radical (unpaired) electrons. The third-order valence-corrected chi connectivity index (χ3v) is 1.86. The van der Waals surface area contributed by atoms with Crippen molar-refractivity contribution in [1.82, 2.24) is 10.3 Å². The van der Waals surface area contributed by atoms with Gasteiger partial charge in [0.15, 0.2) is 0 Å². The number of rotatable bonds is 2. The molecule has 19 heavy (non-hydrogen) atoms. The van der Waals surface area contributed by atoms with Gasteiger partial charge in [-0.25, -0.2) is 14.2 Å². The number of nitrogens with one attached hydrogen (secondary N) is 1. The summed E-state index contributed by atoms with van der Waals surface area (Å²) in [6.07, 6.45) is 1.12. The molecule has 1 heterocycles. The maximum Gasteiger partial charge on any atom is 0.407 e. The van der Waals surface area contributed by atoms with Gasteiger partial charge in [-0.15, -0.1) is 0 Å². The first-order valence-corrected chi connectivity index (χ1v) is 5.94. The lowest BCUT2D eigenvalue weighted by molar-refractivity contribution is 0.0529. The second-order valence-electron chi connectivity index (χ2n) is 4.84. The lowest BCUT2D eigenvalue weighted by Gasteiger charge is -2.19.